The van der Waals surface area contributed by atoms with Crippen LogP contribution in [0.4, 0.5) is 11.4 Å². The second-order valence-corrected chi connectivity index (χ2v) is 8.32. The van der Waals surface area contributed by atoms with Gasteiger partial charge in [0, 0.05) is 6.07 Å². The van der Waals surface area contributed by atoms with Gasteiger partial charge in [-0.2, -0.15) is 0 Å². The predicted octanol–water partition coefficient (Wildman–Crippen LogP) is 2.81. The molecule has 9 heteroatoms. The van der Waals surface area contributed by atoms with E-state index >= 15 is 0 Å². The second kappa shape index (κ2) is 9.04. The number of hydrogen-bond donors (Lipinski definition) is 1. The number of sulfonamides is 1. The molecule has 0 aromatic heterocycles. The van der Waals surface area contributed by atoms with Crippen LogP contribution in [0.3, 0.4) is 0 Å². The zero-order valence-electron chi connectivity index (χ0n) is 17.3. The van der Waals surface area contributed by atoms with Crippen LogP contribution in [-0.4, -0.2) is 48.0 Å². The molecule has 0 spiro atoms. The third kappa shape index (κ3) is 5.11. The van der Waals surface area contributed by atoms with E-state index in [-0.39, 0.29) is 0 Å². The summed E-state index contributed by atoms with van der Waals surface area (Å²) in [5.41, 5.74) is 1.52. The summed E-state index contributed by atoms with van der Waals surface area (Å²) in [4.78, 5) is 12.9. The fourth-order valence-electron chi connectivity index (χ4n) is 2.89. The molecule has 0 bridgehead atoms. The summed E-state index contributed by atoms with van der Waals surface area (Å²) < 4.78 is 41.9. The van der Waals surface area contributed by atoms with Crippen molar-refractivity contribution in [1.29, 1.82) is 0 Å². The molecule has 1 amide bonds. The maximum Gasteiger partial charge on any atom is 0.248 e. The molecule has 0 aliphatic rings. The molecule has 0 saturated carbocycles. The molecule has 158 valence electrons. The Morgan fingerprint density at radius 3 is 2.21 bits per heavy atom. The number of ether oxygens (including phenoxy) is 3. The molecule has 8 nitrogen and oxygen atoms in total. The van der Waals surface area contributed by atoms with Crippen LogP contribution in [0.1, 0.15) is 12.5 Å². The lowest BCUT2D eigenvalue weighted by Crippen LogP contribution is -2.45. The largest absolute Gasteiger partial charge is 0.497 e. The Morgan fingerprint density at radius 1 is 1.00 bits per heavy atom. The van der Waals surface area contributed by atoms with E-state index in [1.165, 1.54) is 28.3 Å². The van der Waals surface area contributed by atoms with Gasteiger partial charge in [0.2, 0.25) is 15.9 Å². The highest BCUT2D eigenvalue weighted by Gasteiger charge is 2.31. The van der Waals surface area contributed by atoms with Gasteiger partial charge in [-0.3, -0.25) is 9.10 Å². The predicted molar refractivity (Wildman–Crippen MR) is 113 cm³/mol. The van der Waals surface area contributed by atoms with Gasteiger partial charge in [-0.1, -0.05) is 6.07 Å². The van der Waals surface area contributed by atoms with Gasteiger partial charge in [-0.15, -0.1) is 0 Å². The van der Waals surface area contributed by atoms with Gasteiger partial charge in [0.05, 0.1) is 39.0 Å². The summed E-state index contributed by atoms with van der Waals surface area (Å²) >= 11 is 0. The van der Waals surface area contributed by atoms with Crippen LogP contribution < -0.4 is 23.8 Å². The lowest BCUT2D eigenvalue weighted by Gasteiger charge is -2.29. The maximum atomic E-state index is 12.9. The summed E-state index contributed by atoms with van der Waals surface area (Å²) in [6.07, 6.45) is 1.05. The molecule has 2 aromatic rings. The van der Waals surface area contributed by atoms with Gasteiger partial charge in [-0.25, -0.2) is 8.42 Å². The first-order valence-electron chi connectivity index (χ1n) is 8.79. The van der Waals surface area contributed by atoms with Crippen LogP contribution in [0, 0.1) is 6.92 Å². The van der Waals surface area contributed by atoms with Crippen molar-refractivity contribution in [2.45, 2.75) is 19.9 Å². The van der Waals surface area contributed by atoms with E-state index in [2.05, 4.69) is 5.32 Å². The van der Waals surface area contributed by atoms with E-state index in [4.69, 9.17) is 14.2 Å². The third-order valence-corrected chi connectivity index (χ3v) is 5.55. The van der Waals surface area contributed by atoms with Crippen molar-refractivity contribution in [2.75, 3.05) is 37.2 Å². The first-order valence-corrected chi connectivity index (χ1v) is 10.6. The number of hydrogen-bond acceptors (Lipinski definition) is 6. The Balaban J connectivity index is 2.42. The molecular formula is C20H26N2O6S. The number of rotatable bonds is 8. The van der Waals surface area contributed by atoms with Crippen molar-refractivity contribution in [3.63, 3.8) is 0 Å². The third-order valence-electron chi connectivity index (χ3n) is 4.33. The number of nitrogens with zero attached hydrogens (tertiary/aromatic N) is 1. The zero-order valence-corrected chi connectivity index (χ0v) is 18.2. The fraction of sp³-hybridized carbons (Fsp3) is 0.350. The van der Waals surface area contributed by atoms with Crippen LogP contribution >= 0.6 is 0 Å². The second-order valence-electron chi connectivity index (χ2n) is 6.47. The highest BCUT2D eigenvalue weighted by atomic mass is 32.2. The van der Waals surface area contributed by atoms with Crippen LogP contribution in [-0.2, 0) is 14.8 Å². The number of aryl methyl sites for hydroxylation is 1. The van der Waals surface area contributed by atoms with E-state index in [9.17, 15) is 13.2 Å². The quantitative estimate of drug-likeness (QED) is 0.703. The summed E-state index contributed by atoms with van der Waals surface area (Å²) in [6.45, 7) is 3.34. The SMILES string of the molecule is COc1ccc(NC(=O)[C@@H](C)N(c2cc(C)ccc2OC)S(C)(=O)=O)c(OC)c1. The highest BCUT2D eigenvalue weighted by Crippen LogP contribution is 2.34. The van der Waals surface area contributed by atoms with Gasteiger partial charge in [0.25, 0.3) is 0 Å². The van der Waals surface area contributed by atoms with Crippen molar-refractivity contribution in [1.82, 2.24) is 0 Å². The molecular weight excluding hydrogens is 396 g/mol. The lowest BCUT2D eigenvalue weighted by atomic mass is 10.2. The molecule has 0 heterocycles. The standard InChI is InChI=1S/C20H26N2O6S/c1-13-7-10-18(27-4)17(11-13)22(29(6,24)25)14(2)20(23)21-16-9-8-15(26-3)12-19(16)28-5/h7-12,14H,1-6H3,(H,21,23)/t14-/m1/s1. The molecule has 1 N–H and O–H groups in total. The molecule has 0 saturated heterocycles. The van der Waals surface area contributed by atoms with Crippen molar-refractivity contribution in [2.24, 2.45) is 0 Å². The lowest BCUT2D eigenvalue weighted by molar-refractivity contribution is -0.116. The van der Waals surface area contributed by atoms with Gasteiger partial charge >= 0.3 is 0 Å². The average Bonchev–Trinajstić information content (AvgIpc) is 2.67. The average molecular weight is 423 g/mol. The van der Waals surface area contributed by atoms with Crippen LogP contribution in [0.5, 0.6) is 17.2 Å². The van der Waals surface area contributed by atoms with Crippen molar-refractivity contribution in [3.05, 3.63) is 42.0 Å². The minimum Gasteiger partial charge on any atom is -0.497 e. The van der Waals surface area contributed by atoms with Gasteiger partial charge in [0.15, 0.2) is 0 Å². The van der Waals surface area contributed by atoms with Crippen LogP contribution in [0.2, 0.25) is 0 Å². The number of carbonyl (C=O) groups excluding carboxylic acids is 1. The fourth-order valence-corrected chi connectivity index (χ4v) is 4.06. The van der Waals surface area contributed by atoms with E-state index in [1.807, 2.05) is 6.92 Å². The van der Waals surface area contributed by atoms with Crippen molar-refractivity contribution >= 4 is 27.3 Å². The molecule has 0 aliphatic carbocycles. The van der Waals surface area contributed by atoms with E-state index in [1.54, 1.807) is 36.4 Å². The number of methoxy groups -OCH3 is 3. The number of anilines is 2. The van der Waals surface area contributed by atoms with Gasteiger partial charge in [0.1, 0.15) is 23.3 Å². The Hall–Kier alpha value is -2.94. The zero-order chi connectivity index (χ0) is 21.8. The van der Waals surface area contributed by atoms with Gasteiger partial charge in [-0.05, 0) is 43.7 Å². The molecule has 2 rings (SSSR count). The monoisotopic (exact) mass is 422 g/mol. The molecule has 0 radical (unpaired) electrons. The molecule has 1 atom stereocenters. The van der Waals surface area contributed by atoms with Crippen LogP contribution in [0.15, 0.2) is 36.4 Å². The first-order chi connectivity index (χ1) is 13.6. The Bertz CT molecular complexity index is 990. The summed E-state index contributed by atoms with van der Waals surface area (Å²) in [7, 11) is 0.646. The molecule has 0 fully saturated rings. The minimum absolute atomic E-state index is 0.291. The summed E-state index contributed by atoms with van der Waals surface area (Å²) in [5.74, 6) is 0.782. The number of carbonyl (C=O) groups is 1. The van der Waals surface area contributed by atoms with Crippen LogP contribution in [0.25, 0.3) is 0 Å². The first kappa shape index (κ1) is 22.4. The number of benzene rings is 2. The van der Waals surface area contributed by atoms with Crippen molar-refractivity contribution < 1.29 is 27.4 Å². The summed E-state index contributed by atoms with van der Waals surface area (Å²) in [6, 6.07) is 9.00. The number of nitrogens with one attached hydrogen (secondary N) is 1. The minimum atomic E-state index is -3.79. The molecule has 2 aromatic carbocycles. The van der Waals surface area contributed by atoms with E-state index in [0.717, 1.165) is 16.1 Å². The van der Waals surface area contributed by atoms with E-state index in [0.29, 0.717) is 28.6 Å². The molecule has 0 aliphatic heterocycles. The Kier molecular flexibility index (Phi) is 6.97. The Labute approximate surface area is 171 Å². The highest BCUT2D eigenvalue weighted by molar-refractivity contribution is 7.92. The summed E-state index contributed by atoms with van der Waals surface area (Å²) in [5, 5.41) is 2.72. The van der Waals surface area contributed by atoms with Crippen molar-refractivity contribution in [3.8, 4) is 17.2 Å². The normalized spacial score (nSPS) is 12.1. The van der Waals surface area contributed by atoms with E-state index < -0.39 is 22.0 Å². The van der Waals surface area contributed by atoms with Gasteiger partial charge < -0.3 is 19.5 Å². The molecule has 29 heavy (non-hydrogen) atoms. The Morgan fingerprint density at radius 2 is 1.66 bits per heavy atom. The maximum absolute atomic E-state index is 12.9. The molecule has 0 unspecified atom stereocenters. The topological polar surface area (TPSA) is 94.2 Å². The number of amides is 1. The smallest absolute Gasteiger partial charge is 0.248 e.